The normalized spacial score (nSPS) is 14.6. The smallest absolute Gasteiger partial charge is 0.184 e. The molecule has 1 atom stereocenters. The second-order valence-electron chi connectivity index (χ2n) is 3.87. The molecule has 0 aromatic carbocycles. The molecule has 0 rings (SSSR count). The first-order valence-electron chi connectivity index (χ1n) is 5.95. The van der Waals surface area contributed by atoms with Crippen molar-refractivity contribution in [1.82, 2.24) is 0 Å². The minimum absolute atomic E-state index is 0.200. The van der Waals surface area contributed by atoms with Crippen LogP contribution in [0, 0.1) is 0 Å². The molecule has 15 heavy (non-hydrogen) atoms. The summed E-state index contributed by atoms with van der Waals surface area (Å²) >= 11 is 0. The molecule has 6 heteroatoms. The minimum atomic E-state index is -0.584. The van der Waals surface area contributed by atoms with Crippen LogP contribution in [0.1, 0.15) is 12.8 Å². The Balaban J connectivity index is 3.08. The van der Waals surface area contributed by atoms with Gasteiger partial charge in [-0.2, -0.15) is 0 Å². The Bertz CT molecular complexity index is 127. The molecule has 0 aromatic heterocycles. The highest BCUT2D eigenvalue weighted by atomic mass is 28.3. The Hall–Kier alpha value is 0.531. The van der Waals surface area contributed by atoms with E-state index in [-0.39, 0.29) is 19.5 Å². The van der Waals surface area contributed by atoms with Crippen molar-refractivity contribution in [1.29, 1.82) is 0 Å². The van der Waals surface area contributed by atoms with Crippen LogP contribution in [-0.4, -0.2) is 54.5 Å². The van der Waals surface area contributed by atoms with Gasteiger partial charge in [0.05, 0.1) is 8.80 Å². The second kappa shape index (κ2) is 12.6. The maximum absolute atomic E-state index is 5.72. The molecule has 0 saturated carbocycles. The van der Waals surface area contributed by atoms with Gasteiger partial charge in [-0.25, -0.2) is 0 Å². The summed E-state index contributed by atoms with van der Waals surface area (Å²) in [6.07, 6.45) is 4.52. The van der Waals surface area contributed by atoms with Gasteiger partial charge in [0.2, 0.25) is 0 Å². The molecule has 0 aromatic rings. The fourth-order valence-corrected chi connectivity index (χ4v) is 6.54. The van der Waals surface area contributed by atoms with Gasteiger partial charge in [0.1, 0.15) is 0 Å². The molecule has 92 valence electrons. The van der Waals surface area contributed by atoms with E-state index in [4.69, 9.17) is 13.6 Å². The largest absolute Gasteiger partial charge is 0.425 e. The summed E-state index contributed by atoms with van der Waals surface area (Å²) < 4.78 is 16.2. The van der Waals surface area contributed by atoms with Crippen LogP contribution in [0.5, 0.6) is 0 Å². The third kappa shape index (κ3) is 12.5. The summed E-state index contributed by atoms with van der Waals surface area (Å²) in [6, 6.07) is 1.39. The van der Waals surface area contributed by atoms with Crippen LogP contribution in [0.15, 0.2) is 0 Å². The first kappa shape index (κ1) is 15.5. The van der Waals surface area contributed by atoms with Crippen LogP contribution in [0.25, 0.3) is 0 Å². The molecule has 0 amide bonds. The van der Waals surface area contributed by atoms with Gasteiger partial charge in [-0.3, -0.25) is 0 Å². The lowest BCUT2D eigenvalue weighted by molar-refractivity contribution is 0.194. The van der Waals surface area contributed by atoms with E-state index in [1.54, 1.807) is 7.11 Å². The van der Waals surface area contributed by atoms with Gasteiger partial charge >= 0.3 is 0 Å². The molecule has 0 aliphatic carbocycles. The predicted molar refractivity (Wildman–Crippen MR) is 73.8 cm³/mol. The first-order chi connectivity index (χ1) is 7.31. The number of hydrogen-bond donors (Lipinski definition) is 0. The molecule has 0 spiro atoms. The van der Waals surface area contributed by atoms with Gasteiger partial charge in [0, 0.05) is 26.2 Å². The number of ether oxygens (including phenoxy) is 1. The summed E-state index contributed by atoms with van der Waals surface area (Å²) in [7, 11) is 0.634. The molecule has 0 radical (unpaired) electrons. The van der Waals surface area contributed by atoms with E-state index in [1.807, 2.05) is 0 Å². The summed E-state index contributed by atoms with van der Waals surface area (Å²) in [4.78, 5) is 0. The first-order valence-corrected chi connectivity index (χ1v) is 12.3. The van der Waals surface area contributed by atoms with Crippen LogP contribution in [0.4, 0.5) is 0 Å². The van der Waals surface area contributed by atoms with Gasteiger partial charge in [-0.1, -0.05) is 25.6 Å². The van der Waals surface area contributed by atoms with Crippen LogP contribution in [0.2, 0.25) is 19.1 Å². The maximum Gasteiger partial charge on any atom is 0.184 e. The Kier molecular flexibility index (Phi) is 13.0. The summed E-state index contributed by atoms with van der Waals surface area (Å²) in [5, 5.41) is 0. The third-order valence-electron chi connectivity index (χ3n) is 2.27. The Morgan fingerprint density at radius 1 is 1.20 bits per heavy atom. The van der Waals surface area contributed by atoms with E-state index in [0.29, 0.717) is 0 Å². The van der Waals surface area contributed by atoms with Crippen molar-refractivity contribution in [2.45, 2.75) is 32.0 Å². The van der Waals surface area contributed by atoms with Gasteiger partial charge in [-0.05, 0) is 6.42 Å². The fourth-order valence-electron chi connectivity index (χ4n) is 1.37. The van der Waals surface area contributed by atoms with E-state index in [0.717, 1.165) is 19.1 Å². The van der Waals surface area contributed by atoms with Crippen molar-refractivity contribution in [2.24, 2.45) is 0 Å². The zero-order chi connectivity index (χ0) is 11.4. The molecular weight excluding hydrogens is 240 g/mol. The van der Waals surface area contributed by atoms with Crippen molar-refractivity contribution < 1.29 is 13.6 Å². The SMILES string of the molecule is COCCCC[SiH](C)CO[SiH2]CO[SiH2]C. The molecule has 1 unspecified atom stereocenters. The van der Waals surface area contributed by atoms with E-state index >= 15 is 0 Å². The van der Waals surface area contributed by atoms with Crippen molar-refractivity contribution in [3.8, 4) is 0 Å². The Morgan fingerprint density at radius 2 is 2.00 bits per heavy atom. The van der Waals surface area contributed by atoms with Crippen molar-refractivity contribution in [3.63, 3.8) is 0 Å². The van der Waals surface area contributed by atoms with Crippen LogP contribution in [-0.2, 0) is 13.6 Å². The molecule has 0 aliphatic rings. The van der Waals surface area contributed by atoms with Gasteiger partial charge in [-0.15, -0.1) is 0 Å². The van der Waals surface area contributed by atoms with Gasteiger partial charge in [0.15, 0.2) is 19.5 Å². The van der Waals surface area contributed by atoms with Crippen molar-refractivity contribution in [2.75, 3.05) is 26.2 Å². The topological polar surface area (TPSA) is 27.7 Å². The quantitative estimate of drug-likeness (QED) is 0.390. The lowest BCUT2D eigenvalue weighted by Gasteiger charge is -2.10. The Morgan fingerprint density at radius 3 is 2.67 bits per heavy atom. The molecule has 0 fully saturated rings. The third-order valence-corrected chi connectivity index (χ3v) is 7.20. The zero-order valence-electron chi connectivity index (χ0n) is 10.5. The van der Waals surface area contributed by atoms with Gasteiger partial charge in [0.25, 0.3) is 0 Å². The molecule has 0 heterocycles. The lowest BCUT2D eigenvalue weighted by Crippen LogP contribution is -2.20. The highest BCUT2D eigenvalue weighted by Crippen LogP contribution is 2.01. The van der Waals surface area contributed by atoms with Gasteiger partial charge < -0.3 is 13.6 Å². The fraction of sp³-hybridized carbons (Fsp3) is 1.00. The molecule has 0 N–H and O–H groups in total. The van der Waals surface area contributed by atoms with Crippen LogP contribution >= 0.6 is 0 Å². The second-order valence-corrected chi connectivity index (χ2v) is 9.20. The average Bonchev–Trinajstić information content (AvgIpc) is 2.24. The maximum atomic E-state index is 5.72. The number of rotatable bonds is 11. The highest BCUT2D eigenvalue weighted by molar-refractivity contribution is 6.57. The summed E-state index contributed by atoms with van der Waals surface area (Å²) in [6.45, 7) is 5.48. The summed E-state index contributed by atoms with van der Waals surface area (Å²) in [5.41, 5.74) is 0. The van der Waals surface area contributed by atoms with Crippen molar-refractivity contribution >= 4 is 28.3 Å². The average molecular weight is 267 g/mol. The number of methoxy groups -OCH3 is 1. The van der Waals surface area contributed by atoms with Crippen molar-refractivity contribution in [3.05, 3.63) is 0 Å². The molecule has 0 bridgehead atoms. The lowest BCUT2D eigenvalue weighted by atomic mass is 10.4. The zero-order valence-corrected chi connectivity index (χ0v) is 14.4. The minimum Gasteiger partial charge on any atom is -0.425 e. The molecule has 0 aliphatic heterocycles. The van der Waals surface area contributed by atoms with E-state index < -0.39 is 8.80 Å². The standard InChI is InChI=1S/C9H26O3Si3/c1-10-6-4-5-7-15(3)9-12-14-8-11-13-2/h15H,4-9,13-14H2,1-3H3. The predicted octanol–water partition coefficient (Wildman–Crippen LogP) is 0.0155. The Labute approximate surface area is 100 Å². The number of unbranched alkanes of at least 4 members (excludes halogenated alkanes) is 1. The molecular formula is C9H26O3Si3. The van der Waals surface area contributed by atoms with Crippen LogP contribution in [0.3, 0.4) is 0 Å². The van der Waals surface area contributed by atoms with E-state index in [9.17, 15) is 0 Å². The van der Waals surface area contributed by atoms with Crippen LogP contribution < -0.4 is 0 Å². The van der Waals surface area contributed by atoms with E-state index in [2.05, 4.69) is 13.1 Å². The number of hydrogen-bond acceptors (Lipinski definition) is 3. The van der Waals surface area contributed by atoms with E-state index in [1.165, 1.54) is 18.9 Å². The molecule has 3 nitrogen and oxygen atoms in total. The highest BCUT2D eigenvalue weighted by Gasteiger charge is 2.03. The summed E-state index contributed by atoms with van der Waals surface area (Å²) in [5.74, 6) is 0. The molecule has 0 saturated heterocycles. The monoisotopic (exact) mass is 266 g/mol.